The topological polar surface area (TPSA) is 113 Å². The van der Waals surface area contributed by atoms with E-state index in [0.29, 0.717) is 35.5 Å². The first-order valence-electron chi connectivity index (χ1n) is 5.81. The Balaban J connectivity index is 1.88. The molecule has 8 nitrogen and oxygen atoms in total. The molecule has 20 heavy (non-hydrogen) atoms. The van der Waals surface area contributed by atoms with Gasteiger partial charge in [0.15, 0.2) is 5.76 Å². The summed E-state index contributed by atoms with van der Waals surface area (Å²) in [5.41, 5.74) is 5.95. The van der Waals surface area contributed by atoms with Gasteiger partial charge in [0.05, 0.1) is 13.7 Å². The number of aromatic nitrogens is 4. The van der Waals surface area contributed by atoms with Crippen LogP contribution in [0.2, 0.25) is 0 Å². The summed E-state index contributed by atoms with van der Waals surface area (Å²) in [6.45, 7) is 0.310. The fraction of sp³-hybridized carbons (Fsp3) is 0.167. The molecule has 102 valence electrons. The van der Waals surface area contributed by atoms with Gasteiger partial charge in [0, 0.05) is 6.07 Å². The van der Waals surface area contributed by atoms with E-state index in [9.17, 15) is 0 Å². The summed E-state index contributed by atoms with van der Waals surface area (Å²) in [7, 11) is 1.52. The molecule has 0 unspecified atom stereocenters. The van der Waals surface area contributed by atoms with E-state index in [1.54, 1.807) is 24.3 Å². The van der Waals surface area contributed by atoms with Crippen molar-refractivity contribution in [2.24, 2.45) is 5.73 Å². The van der Waals surface area contributed by atoms with Crippen LogP contribution >= 0.6 is 0 Å². The van der Waals surface area contributed by atoms with E-state index in [4.69, 9.17) is 19.4 Å². The zero-order valence-corrected chi connectivity index (χ0v) is 10.6. The molecule has 3 aromatic heterocycles. The normalized spacial score (nSPS) is 10.7. The first-order chi connectivity index (χ1) is 9.80. The quantitative estimate of drug-likeness (QED) is 0.755. The van der Waals surface area contributed by atoms with Crippen LogP contribution in [0.25, 0.3) is 23.2 Å². The Kier molecular flexibility index (Phi) is 3.13. The summed E-state index contributed by atoms with van der Waals surface area (Å²) in [5.74, 6) is 2.10. The second-order valence-corrected chi connectivity index (χ2v) is 3.85. The molecule has 0 atom stereocenters. The lowest BCUT2D eigenvalue weighted by atomic mass is 10.3. The van der Waals surface area contributed by atoms with E-state index in [-0.39, 0.29) is 5.89 Å². The fourth-order valence-corrected chi connectivity index (χ4v) is 1.58. The molecule has 0 aliphatic heterocycles. The summed E-state index contributed by atoms with van der Waals surface area (Å²) in [4.78, 5) is 4.20. The summed E-state index contributed by atoms with van der Waals surface area (Å²) < 4.78 is 15.5. The molecule has 0 aliphatic rings. The van der Waals surface area contributed by atoms with E-state index in [2.05, 4.69) is 20.3 Å². The number of hydrogen-bond acceptors (Lipinski definition) is 8. The standard InChI is InChI=1S/C12H11N5O3/c1-18-10-5-3-8(15-16-10)11-14-12(20-17-11)9-4-2-7(6-13)19-9/h2-5H,6,13H2,1H3. The van der Waals surface area contributed by atoms with Gasteiger partial charge >= 0.3 is 0 Å². The van der Waals surface area contributed by atoms with Crippen molar-refractivity contribution in [3.8, 4) is 29.0 Å². The maximum atomic E-state index is 5.47. The van der Waals surface area contributed by atoms with Crippen LogP contribution in [0.15, 0.2) is 33.2 Å². The molecule has 0 bridgehead atoms. The van der Waals surface area contributed by atoms with Gasteiger partial charge in [-0.3, -0.25) is 0 Å². The molecular formula is C12H11N5O3. The van der Waals surface area contributed by atoms with Crippen molar-refractivity contribution in [1.82, 2.24) is 20.3 Å². The van der Waals surface area contributed by atoms with Crippen LogP contribution < -0.4 is 10.5 Å². The second kappa shape index (κ2) is 5.10. The van der Waals surface area contributed by atoms with Crippen LogP contribution in [-0.2, 0) is 6.54 Å². The average molecular weight is 273 g/mol. The van der Waals surface area contributed by atoms with E-state index in [0.717, 1.165) is 0 Å². The van der Waals surface area contributed by atoms with Crippen LogP contribution in [0.1, 0.15) is 5.76 Å². The zero-order chi connectivity index (χ0) is 13.9. The predicted octanol–water partition coefficient (Wildman–Crippen LogP) is 1.25. The number of ether oxygens (including phenoxy) is 1. The average Bonchev–Trinajstić information content (AvgIpc) is 3.16. The highest BCUT2D eigenvalue weighted by molar-refractivity contribution is 5.53. The van der Waals surface area contributed by atoms with Gasteiger partial charge in [-0.2, -0.15) is 4.98 Å². The predicted molar refractivity (Wildman–Crippen MR) is 67.5 cm³/mol. The molecule has 3 rings (SSSR count). The number of methoxy groups -OCH3 is 1. The molecule has 3 aromatic rings. The molecule has 0 aliphatic carbocycles. The van der Waals surface area contributed by atoms with Gasteiger partial charge in [0.25, 0.3) is 5.89 Å². The summed E-state index contributed by atoms with van der Waals surface area (Å²) in [5, 5.41) is 11.6. The SMILES string of the molecule is COc1ccc(-c2noc(-c3ccc(CN)o3)n2)nn1. The van der Waals surface area contributed by atoms with Crippen LogP contribution in [-0.4, -0.2) is 27.4 Å². The zero-order valence-electron chi connectivity index (χ0n) is 10.6. The molecule has 0 aromatic carbocycles. The van der Waals surface area contributed by atoms with E-state index in [1.165, 1.54) is 7.11 Å². The highest BCUT2D eigenvalue weighted by Crippen LogP contribution is 2.23. The maximum Gasteiger partial charge on any atom is 0.293 e. The van der Waals surface area contributed by atoms with Crippen LogP contribution in [0.4, 0.5) is 0 Å². The lowest BCUT2D eigenvalue weighted by Gasteiger charge is -1.96. The van der Waals surface area contributed by atoms with Crippen LogP contribution in [0.5, 0.6) is 5.88 Å². The largest absolute Gasteiger partial charge is 0.480 e. The minimum Gasteiger partial charge on any atom is -0.480 e. The lowest BCUT2D eigenvalue weighted by Crippen LogP contribution is -1.93. The lowest BCUT2D eigenvalue weighted by molar-refractivity contribution is 0.392. The molecule has 2 N–H and O–H groups in total. The van der Waals surface area contributed by atoms with Crippen molar-refractivity contribution < 1.29 is 13.7 Å². The van der Waals surface area contributed by atoms with E-state index < -0.39 is 0 Å². The van der Waals surface area contributed by atoms with Crippen molar-refractivity contribution in [3.05, 3.63) is 30.0 Å². The van der Waals surface area contributed by atoms with Gasteiger partial charge in [0.1, 0.15) is 11.5 Å². The Bertz CT molecular complexity index is 704. The van der Waals surface area contributed by atoms with E-state index in [1.807, 2.05) is 0 Å². The maximum absolute atomic E-state index is 5.47. The Morgan fingerprint density at radius 2 is 2.10 bits per heavy atom. The minimum absolute atomic E-state index is 0.261. The highest BCUT2D eigenvalue weighted by Gasteiger charge is 2.15. The third-order valence-corrected chi connectivity index (χ3v) is 2.58. The molecule has 3 heterocycles. The molecule has 0 amide bonds. The first-order valence-corrected chi connectivity index (χ1v) is 5.81. The Morgan fingerprint density at radius 1 is 1.20 bits per heavy atom. The van der Waals surface area contributed by atoms with Crippen molar-refractivity contribution in [2.75, 3.05) is 7.11 Å². The molecular weight excluding hydrogens is 262 g/mol. The fourth-order valence-electron chi connectivity index (χ4n) is 1.58. The molecule has 0 fully saturated rings. The minimum atomic E-state index is 0.261. The number of hydrogen-bond donors (Lipinski definition) is 1. The number of rotatable bonds is 4. The van der Waals surface area contributed by atoms with Crippen molar-refractivity contribution in [2.45, 2.75) is 6.54 Å². The Morgan fingerprint density at radius 3 is 2.75 bits per heavy atom. The summed E-state index contributed by atoms with van der Waals surface area (Å²) in [6.07, 6.45) is 0. The number of nitrogens with zero attached hydrogens (tertiary/aromatic N) is 4. The third kappa shape index (κ3) is 2.24. The van der Waals surface area contributed by atoms with Gasteiger partial charge < -0.3 is 19.4 Å². The molecule has 0 saturated heterocycles. The van der Waals surface area contributed by atoms with Crippen molar-refractivity contribution in [1.29, 1.82) is 0 Å². The molecule has 0 saturated carbocycles. The van der Waals surface area contributed by atoms with Gasteiger partial charge in [-0.25, -0.2) is 0 Å². The van der Waals surface area contributed by atoms with E-state index >= 15 is 0 Å². The van der Waals surface area contributed by atoms with Gasteiger partial charge in [-0.1, -0.05) is 5.16 Å². The van der Waals surface area contributed by atoms with Crippen LogP contribution in [0.3, 0.4) is 0 Å². The number of nitrogens with two attached hydrogens (primary N) is 1. The summed E-state index contributed by atoms with van der Waals surface area (Å²) in [6, 6.07) is 6.83. The number of furan rings is 1. The smallest absolute Gasteiger partial charge is 0.293 e. The van der Waals surface area contributed by atoms with Gasteiger partial charge in [0.2, 0.25) is 11.7 Å². The molecule has 0 radical (unpaired) electrons. The van der Waals surface area contributed by atoms with Crippen molar-refractivity contribution >= 4 is 0 Å². The van der Waals surface area contributed by atoms with Crippen LogP contribution in [0, 0.1) is 0 Å². The van der Waals surface area contributed by atoms with Gasteiger partial charge in [-0.15, -0.1) is 10.2 Å². The second-order valence-electron chi connectivity index (χ2n) is 3.85. The third-order valence-electron chi connectivity index (χ3n) is 2.58. The monoisotopic (exact) mass is 273 g/mol. The molecule has 0 spiro atoms. The van der Waals surface area contributed by atoms with Gasteiger partial charge in [-0.05, 0) is 18.2 Å². The molecule has 8 heteroatoms. The Hall–Kier alpha value is -2.74. The highest BCUT2D eigenvalue weighted by atomic mass is 16.5. The first kappa shape index (κ1) is 12.3. The van der Waals surface area contributed by atoms with Crippen molar-refractivity contribution in [3.63, 3.8) is 0 Å². The summed E-state index contributed by atoms with van der Waals surface area (Å²) >= 11 is 0. The Labute approximate surface area is 113 Å².